The zero-order valence-electron chi connectivity index (χ0n) is 9.09. The zero-order chi connectivity index (χ0) is 12.3. The van der Waals surface area contributed by atoms with Crippen LogP contribution in [0.1, 0.15) is 16.2 Å². The van der Waals surface area contributed by atoms with Crippen LogP contribution in [0.5, 0.6) is 0 Å². The lowest BCUT2D eigenvalue weighted by molar-refractivity contribution is 0.0949. The van der Waals surface area contributed by atoms with E-state index in [0.29, 0.717) is 22.5 Å². The molecular weight excluding hydrogens is 286 g/mol. The number of rotatable bonds is 3. The number of hydrogen-bond acceptors (Lipinski definition) is 4. The highest BCUT2D eigenvalue weighted by molar-refractivity contribution is 9.10. The minimum atomic E-state index is -0.197. The van der Waals surface area contributed by atoms with Crippen LogP contribution in [0.4, 0.5) is 0 Å². The van der Waals surface area contributed by atoms with E-state index in [1.807, 2.05) is 0 Å². The Morgan fingerprint density at radius 3 is 2.88 bits per heavy atom. The average Bonchev–Trinajstić information content (AvgIpc) is 2.73. The zero-order valence-corrected chi connectivity index (χ0v) is 10.7. The molecule has 0 saturated carbocycles. The van der Waals surface area contributed by atoms with Crippen molar-refractivity contribution in [2.75, 3.05) is 0 Å². The van der Waals surface area contributed by atoms with E-state index in [1.165, 1.54) is 6.20 Å². The fourth-order valence-electron chi connectivity index (χ4n) is 1.24. The Bertz CT molecular complexity index is 522. The number of nitrogens with one attached hydrogen (secondary N) is 1. The third kappa shape index (κ3) is 3.10. The van der Waals surface area contributed by atoms with Gasteiger partial charge in [-0.25, -0.2) is 9.97 Å². The van der Waals surface area contributed by atoms with Gasteiger partial charge < -0.3 is 5.32 Å². The molecule has 17 heavy (non-hydrogen) atoms. The third-order valence-corrected chi connectivity index (χ3v) is 2.51. The second-order valence-electron chi connectivity index (χ2n) is 3.39. The number of aromatic nitrogens is 4. The number of hydrogen-bond donors (Lipinski definition) is 1. The molecule has 7 heteroatoms. The summed E-state index contributed by atoms with van der Waals surface area (Å²) in [4.78, 5) is 19.7. The van der Waals surface area contributed by atoms with Gasteiger partial charge >= 0.3 is 0 Å². The largest absolute Gasteiger partial charge is 0.345 e. The minimum Gasteiger partial charge on any atom is -0.345 e. The fraction of sp³-hybridized carbons (Fsp3) is 0.200. The van der Waals surface area contributed by atoms with E-state index in [9.17, 15) is 4.79 Å². The summed E-state index contributed by atoms with van der Waals surface area (Å²) in [7, 11) is 1.77. The molecule has 0 fully saturated rings. The van der Waals surface area contributed by atoms with Crippen LogP contribution in [0.2, 0.25) is 0 Å². The highest BCUT2D eigenvalue weighted by Crippen LogP contribution is 2.06. The van der Waals surface area contributed by atoms with Crippen molar-refractivity contribution >= 4 is 21.8 Å². The second-order valence-corrected chi connectivity index (χ2v) is 4.20. The Morgan fingerprint density at radius 2 is 2.29 bits per heavy atom. The van der Waals surface area contributed by atoms with E-state index in [1.54, 1.807) is 30.2 Å². The van der Waals surface area contributed by atoms with E-state index in [2.05, 4.69) is 36.3 Å². The van der Waals surface area contributed by atoms with Crippen molar-refractivity contribution in [2.45, 2.75) is 6.54 Å². The molecule has 1 amide bonds. The average molecular weight is 296 g/mol. The van der Waals surface area contributed by atoms with Crippen molar-refractivity contribution in [1.29, 1.82) is 0 Å². The summed E-state index contributed by atoms with van der Waals surface area (Å²) in [5, 5.41) is 6.77. The lowest BCUT2D eigenvalue weighted by Crippen LogP contribution is -2.23. The number of nitrogens with zero attached hydrogens (tertiary/aromatic N) is 4. The van der Waals surface area contributed by atoms with Crippen LogP contribution >= 0.6 is 15.9 Å². The molecule has 0 aliphatic rings. The van der Waals surface area contributed by atoms with Gasteiger partial charge in [0.2, 0.25) is 0 Å². The highest BCUT2D eigenvalue weighted by Gasteiger charge is 2.06. The van der Waals surface area contributed by atoms with Gasteiger partial charge in [-0.2, -0.15) is 5.10 Å². The summed E-state index contributed by atoms with van der Waals surface area (Å²) in [5.74, 6) is 0.378. The van der Waals surface area contributed by atoms with E-state index in [0.717, 1.165) is 0 Å². The lowest BCUT2D eigenvalue weighted by Gasteiger charge is -2.02. The molecule has 88 valence electrons. The maximum Gasteiger partial charge on any atom is 0.253 e. The topological polar surface area (TPSA) is 72.7 Å². The summed E-state index contributed by atoms with van der Waals surface area (Å²) < 4.78 is 2.28. The summed E-state index contributed by atoms with van der Waals surface area (Å²) in [6.07, 6.45) is 3.09. The molecule has 0 saturated heterocycles. The monoisotopic (exact) mass is 295 g/mol. The molecule has 0 bridgehead atoms. The molecule has 0 radical (unpaired) electrons. The van der Waals surface area contributed by atoms with Gasteiger partial charge in [-0.05, 0) is 28.1 Å². The van der Waals surface area contributed by atoms with Gasteiger partial charge in [-0.1, -0.05) is 0 Å². The Kier molecular flexibility index (Phi) is 3.48. The Morgan fingerprint density at radius 1 is 1.47 bits per heavy atom. The van der Waals surface area contributed by atoms with E-state index in [-0.39, 0.29) is 5.91 Å². The van der Waals surface area contributed by atoms with Gasteiger partial charge in [-0.15, -0.1) is 0 Å². The first-order valence-electron chi connectivity index (χ1n) is 4.89. The van der Waals surface area contributed by atoms with Crippen LogP contribution in [0, 0.1) is 0 Å². The molecule has 6 nitrogen and oxygen atoms in total. The van der Waals surface area contributed by atoms with Crippen molar-refractivity contribution < 1.29 is 4.79 Å². The number of carbonyl (C=O) groups is 1. The van der Waals surface area contributed by atoms with Crippen LogP contribution in [-0.2, 0) is 13.6 Å². The van der Waals surface area contributed by atoms with Crippen molar-refractivity contribution in [2.24, 2.45) is 7.05 Å². The van der Waals surface area contributed by atoms with Crippen LogP contribution in [0.25, 0.3) is 0 Å². The van der Waals surface area contributed by atoms with E-state index < -0.39 is 0 Å². The maximum atomic E-state index is 11.7. The summed E-state index contributed by atoms with van der Waals surface area (Å²) in [6, 6.07) is 3.41. The predicted molar refractivity (Wildman–Crippen MR) is 64.1 cm³/mol. The third-order valence-electron chi connectivity index (χ3n) is 2.04. The van der Waals surface area contributed by atoms with Gasteiger partial charge in [0.1, 0.15) is 10.9 Å². The first-order chi connectivity index (χ1) is 8.15. The molecule has 2 rings (SSSR count). The van der Waals surface area contributed by atoms with Gasteiger partial charge in [0.25, 0.3) is 5.91 Å². The van der Waals surface area contributed by atoms with Gasteiger partial charge in [0.05, 0.1) is 12.1 Å². The second kappa shape index (κ2) is 5.05. The Labute approximate surface area is 106 Å². The first kappa shape index (κ1) is 11.7. The molecule has 2 heterocycles. The van der Waals surface area contributed by atoms with Crippen LogP contribution in [0.15, 0.2) is 29.3 Å². The van der Waals surface area contributed by atoms with Gasteiger partial charge in [-0.3, -0.25) is 9.48 Å². The standard InChI is InChI=1S/C10H10BrN5O/c1-16-6-14-9(15-16)5-13-10(17)7-2-3-8(11)12-4-7/h2-4,6H,5H2,1H3,(H,13,17). The van der Waals surface area contributed by atoms with Gasteiger partial charge in [0.15, 0.2) is 5.82 Å². The lowest BCUT2D eigenvalue weighted by atomic mass is 10.3. The molecule has 1 N–H and O–H groups in total. The quantitative estimate of drug-likeness (QED) is 0.854. The summed E-state index contributed by atoms with van der Waals surface area (Å²) in [5.41, 5.74) is 0.504. The Hall–Kier alpha value is -1.76. The van der Waals surface area contributed by atoms with Gasteiger partial charge in [0, 0.05) is 13.2 Å². The van der Waals surface area contributed by atoms with Crippen LogP contribution in [-0.4, -0.2) is 25.7 Å². The smallest absolute Gasteiger partial charge is 0.253 e. The Balaban J connectivity index is 1.95. The van der Waals surface area contributed by atoms with E-state index >= 15 is 0 Å². The molecule has 0 aliphatic carbocycles. The number of halogens is 1. The van der Waals surface area contributed by atoms with Crippen molar-refractivity contribution in [3.8, 4) is 0 Å². The SMILES string of the molecule is Cn1cnc(CNC(=O)c2ccc(Br)nc2)n1. The van der Waals surface area contributed by atoms with Crippen LogP contribution < -0.4 is 5.32 Å². The number of carbonyl (C=O) groups excluding carboxylic acids is 1. The summed E-state index contributed by atoms with van der Waals surface area (Å²) in [6.45, 7) is 0.301. The normalized spacial score (nSPS) is 10.2. The molecule has 0 aromatic carbocycles. The minimum absolute atomic E-state index is 0.197. The first-order valence-corrected chi connectivity index (χ1v) is 5.69. The molecule has 2 aromatic heterocycles. The van der Waals surface area contributed by atoms with E-state index in [4.69, 9.17) is 0 Å². The van der Waals surface area contributed by atoms with Crippen molar-refractivity contribution in [3.05, 3.63) is 40.6 Å². The molecular formula is C10H10BrN5O. The molecule has 0 unspecified atom stereocenters. The maximum absolute atomic E-state index is 11.7. The van der Waals surface area contributed by atoms with Crippen molar-refractivity contribution in [1.82, 2.24) is 25.1 Å². The molecule has 0 aliphatic heterocycles. The summed E-state index contributed by atoms with van der Waals surface area (Å²) >= 11 is 3.21. The van der Waals surface area contributed by atoms with Crippen LogP contribution in [0.3, 0.4) is 0 Å². The molecule has 2 aromatic rings. The van der Waals surface area contributed by atoms with Crippen molar-refractivity contribution in [3.63, 3.8) is 0 Å². The molecule has 0 spiro atoms. The molecule has 0 atom stereocenters. The fourth-order valence-corrected chi connectivity index (χ4v) is 1.47. The number of aryl methyl sites for hydroxylation is 1. The number of pyridine rings is 1. The number of amides is 1. The highest BCUT2D eigenvalue weighted by atomic mass is 79.9. The predicted octanol–water partition coefficient (Wildman–Crippen LogP) is 0.903.